The first-order valence-corrected chi connectivity index (χ1v) is 6.25. The second kappa shape index (κ2) is 5.39. The SMILES string of the molecule is CC(C)(O)C#Cc1ccc(CN2CC=CC2)cc1. The number of rotatable bonds is 2. The zero-order valence-corrected chi connectivity index (χ0v) is 11.0. The summed E-state index contributed by atoms with van der Waals surface area (Å²) in [7, 11) is 0. The van der Waals surface area contributed by atoms with Gasteiger partial charge in [-0.15, -0.1) is 0 Å². The van der Waals surface area contributed by atoms with E-state index in [1.807, 2.05) is 12.1 Å². The molecular formula is C16H19NO. The van der Waals surface area contributed by atoms with E-state index in [4.69, 9.17) is 0 Å². The Kier molecular flexibility index (Phi) is 3.86. The largest absolute Gasteiger partial charge is 0.378 e. The summed E-state index contributed by atoms with van der Waals surface area (Å²) in [6, 6.07) is 8.23. The summed E-state index contributed by atoms with van der Waals surface area (Å²) in [4.78, 5) is 2.37. The van der Waals surface area contributed by atoms with E-state index >= 15 is 0 Å². The standard InChI is InChI=1S/C16H19NO/c1-16(2,18)10-9-14-5-7-15(8-6-14)13-17-11-3-4-12-17/h3-8,18H,11-13H2,1-2H3. The van der Waals surface area contributed by atoms with Crippen LogP contribution >= 0.6 is 0 Å². The summed E-state index contributed by atoms with van der Waals surface area (Å²) in [6.45, 7) is 6.44. The molecule has 1 aromatic carbocycles. The van der Waals surface area contributed by atoms with E-state index in [1.165, 1.54) is 5.56 Å². The molecule has 1 heterocycles. The average Bonchev–Trinajstić information content (AvgIpc) is 2.80. The lowest BCUT2D eigenvalue weighted by molar-refractivity contribution is 0.143. The molecule has 0 saturated carbocycles. The molecule has 0 bridgehead atoms. The van der Waals surface area contributed by atoms with Crippen molar-refractivity contribution in [2.75, 3.05) is 13.1 Å². The predicted octanol–water partition coefficient (Wildman–Crippen LogP) is 2.18. The van der Waals surface area contributed by atoms with Gasteiger partial charge in [-0.3, -0.25) is 4.90 Å². The summed E-state index contributed by atoms with van der Waals surface area (Å²) in [6.07, 6.45) is 4.40. The van der Waals surface area contributed by atoms with Crippen LogP contribution < -0.4 is 0 Å². The van der Waals surface area contributed by atoms with Crippen LogP contribution in [0.25, 0.3) is 0 Å². The number of hydrogen-bond acceptors (Lipinski definition) is 2. The Labute approximate surface area is 109 Å². The highest BCUT2D eigenvalue weighted by Crippen LogP contribution is 2.09. The van der Waals surface area contributed by atoms with Crippen molar-refractivity contribution in [3.63, 3.8) is 0 Å². The molecule has 94 valence electrons. The maximum absolute atomic E-state index is 9.54. The molecule has 2 nitrogen and oxygen atoms in total. The van der Waals surface area contributed by atoms with Gasteiger partial charge in [-0.25, -0.2) is 0 Å². The Hall–Kier alpha value is -1.56. The number of nitrogens with zero attached hydrogens (tertiary/aromatic N) is 1. The van der Waals surface area contributed by atoms with Crippen molar-refractivity contribution in [3.05, 3.63) is 47.5 Å². The lowest BCUT2D eigenvalue weighted by Gasteiger charge is -2.14. The summed E-state index contributed by atoms with van der Waals surface area (Å²) in [5, 5.41) is 9.54. The molecule has 0 spiro atoms. The molecule has 0 fully saturated rings. The second-order valence-electron chi connectivity index (χ2n) is 5.17. The highest BCUT2D eigenvalue weighted by Gasteiger charge is 2.07. The van der Waals surface area contributed by atoms with Gasteiger partial charge in [0.25, 0.3) is 0 Å². The fourth-order valence-corrected chi connectivity index (χ4v) is 1.83. The van der Waals surface area contributed by atoms with Gasteiger partial charge in [-0.2, -0.15) is 0 Å². The summed E-state index contributed by atoms with van der Waals surface area (Å²) >= 11 is 0. The van der Waals surface area contributed by atoms with Gasteiger partial charge in [0.05, 0.1) is 0 Å². The van der Waals surface area contributed by atoms with E-state index in [2.05, 4.69) is 41.0 Å². The van der Waals surface area contributed by atoms with E-state index in [0.29, 0.717) is 0 Å². The highest BCUT2D eigenvalue weighted by atomic mass is 16.3. The van der Waals surface area contributed by atoms with Gasteiger partial charge in [-0.1, -0.05) is 36.1 Å². The molecule has 1 aliphatic rings. The van der Waals surface area contributed by atoms with Crippen LogP contribution in [0.3, 0.4) is 0 Å². The molecule has 0 atom stereocenters. The van der Waals surface area contributed by atoms with Gasteiger partial charge >= 0.3 is 0 Å². The molecule has 0 saturated heterocycles. The van der Waals surface area contributed by atoms with Crippen LogP contribution in [0.5, 0.6) is 0 Å². The fourth-order valence-electron chi connectivity index (χ4n) is 1.83. The van der Waals surface area contributed by atoms with Gasteiger partial charge < -0.3 is 5.11 Å². The van der Waals surface area contributed by atoms with E-state index in [0.717, 1.165) is 25.2 Å². The summed E-state index contributed by atoms with van der Waals surface area (Å²) in [5.74, 6) is 5.80. The molecule has 2 rings (SSSR count). The molecule has 0 aromatic heterocycles. The van der Waals surface area contributed by atoms with Crippen LogP contribution in [0.15, 0.2) is 36.4 Å². The van der Waals surface area contributed by atoms with Crippen molar-refractivity contribution in [2.45, 2.75) is 26.0 Å². The van der Waals surface area contributed by atoms with Crippen LogP contribution in [0.1, 0.15) is 25.0 Å². The molecule has 0 radical (unpaired) electrons. The molecule has 1 aromatic rings. The first-order chi connectivity index (χ1) is 8.53. The third-order valence-electron chi connectivity index (χ3n) is 2.77. The third-order valence-corrected chi connectivity index (χ3v) is 2.77. The van der Waals surface area contributed by atoms with Gasteiger partial charge in [0.1, 0.15) is 5.60 Å². The quantitative estimate of drug-likeness (QED) is 0.633. The fraction of sp³-hybridized carbons (Fsp3) is 0.375. The van der Waals surface area contributed by atoms with Crippen molar-refractivity contribution in [1.82, 2.24) is 4.90 Å². The highest BCUT2D eigenvalue weighted by molar-refractivity contribution is 5.37. The van der Waals surface area contributed by atoms with Crippen molar-refractivity contribution in [1.29, 1.82) is 0 Å². The van der Waals surface area contributed by atoms with Gasteiger partial charge in [0.15, 0.2) is 0 Å². The average molecular weight is 241 g/mol. The van der Waals surface area contributed by atoms with E-state index in [1.54, 1.807) is 13.8 Å². The normalized spacial score (nSPS) is 15.5. The Bertz CT molecular complexity index is 475. The summed E-state index contributed by atoms with van der Waals surface area (Å²) in [5.41, 5.74) is 1.31. The molecule has 0 unspecified atom stereocenters. The molecule has 18 heavy (non-hydrogen) atoms. The molecule has 0 aliphatic carbocycles. The predicted molar refractivity (Wildman–Crippen MR) is 74.0 cm³/mol. The topological polar surface area (TPSA) is 23.5 Å². The number of benzene rings is 1. The van der Waals surface area contributed by atoms with Gasteiger partial charge in [-0.05, 0) is 31.5 Å². The molecule has 2 heteroatoms. The van der Waals surface area contributed by atoms with E-state index < -0.39 is 5.60 Å². The van der Waals surface area contributed by atoms with Crippen molar-refractivity contribution >= 4 is 0 Å². The monoisotopic (exact) mass is 241 g/mol. The number of aliphatic hydroxyl groups is 1. The minimum Gasteiger partial charge on any atom is -0.378 e. The molecule has 1 N–H and O–H groups in total. The van der Waals surface area contributed by atoms with Gasteiger partial charge in [0, 0.05) is 25.2 Å². The maximum atomic E-state index is 9.54. The Balaban J connectivity index is 1.98. The first-order valence-electron chi connectivity index (χ1n) is 6.25. The Morgan fingerprint density at radius 3 is 2.33 bits per heavy atom. The van der Waals surface area contributed by atoms with Crippen molar-refractivity contribution < 1.29 is 5.11 Å². The van der Waals surface area contributed by atoms with Crippen LogP contribution in [0.2, 0.25) is 0 Å². The van der Waals surface area contributed by atoms with Crippen LogP contribution in [-0.2, 0) is 6.54 Å². The third kappa shape index (κ3) is 4.03. The Morgan fingerprint density at radius 1 is 1.17 bits per heavy atom. The minimum absolute atomic E-state index is 0.931. The van der Waals surface area contributed by atoms with Crippen LogP contribution in [0, 0.1) is 11.8 Å². The molecule has 1 aliphatic heterocycles. The van der Waals surface area contributed by atoms with E-state index in [9.17, 15) is 5.11 Å². The smallest absolute Gasteiger partial charge is 0.120 e. The van der Waals surface area contributed by atoms with Crippen molar-refractivity contribution in [3.8, 4) is 11.8 Å². The Morgan fingerprint density at radius 2 is 1.78 bits per heavy atom. The second-order valence-corrected chi connectivity index (χ2v) is 5.17. The van der Waals surface area contributed by atoms with Crippen LogP contribution in [-0.4, -0.2) is 28.7 Å². The lowest BCUT2D eigenvalue weighted by Crippen LogP contribution is -2.18. The lowest BCUT2D eigenvalue weighted by atomic mass is 10.1. The van der Waals surface area contributed by atoms with Crippen molar-refractivity contribution in [2.24, 2.45) is 0 Å². The maximum Gasteiger partial charge on any atom is 0.120 e. The molecular weight excluding hydrogens is 222 g/mol. The first kappa shape index (κ1) is 12.9. The van der Waals surface area contributed by atoms with Gasteiger partial charge in [0.2, 0.25) is 0 Å². The van der Waals surface area contributed by atoms with Crippen LogP contribution in [0.4, 0.5) is 0 Å². The van der Waals surface area contributed by atoms with E-state index in [-0.39, 0.29) is 0 Å². The minimum atomic E-state index is -0.931. The number of hydrogen-bond donors (Lipinski definition) is 1. The zero-order chi connectivity index (χ0) is 13.0. The molecule has 0 amide bonds. The summed E-state index contributed by atoms with van der Waals surface area (Å²) < 4.78 is 0. The zero-order valence-electron chi connectivity index (χ0n) is 11.0.